The number of nitrogens with zero attached hydrogens (tertiary/aromatic N) is 1. The van der Waals surface area contributed by atoms with Gasteiger partial charge in [-0.3, -0.25) is 9.78 Å². The molecule has 4 rings (SSSR count). The molecule has 2 heteroatoms. The van der Waals surface area contributed by atoms with Crippen LogP contribution in [-0.2, 0) is 0 Å². The molecule has 1 heterocycles. The summed E-state index contributed by atoms with van der Waals surface area (Å²) >= 11 is 0. The Balaban J connectivity index is 1.82. The van der Waals surface area contributed by atoms with Gasteiger partial charge in [0.05, 0.1) is 5.69 Å². The Kier molecular flexibility index (Phi) is 3.64. The summed E-state index contributed by atoms with van der Waals surface area (Å²) in [6.07, 6.45) is 1.74. The zero-order valence-electron chi connectivity index (χ0n) is 13.0. The molecule has 0 fully saturated rings. The van der Waals surface area contributed by atoms with Crippen molar-refractivity contribution in [3.8, 4) is 11.3 Å². The van der Waals surface area contributed by atoms with Gasteiger partial charge in [0.15, 0.2) is 5.78 Å². The van der Waals surface area contributed by atoms with Gasteiger partial charge in [0.25, 0.3) is 0 Å². The summed E-state index contributed by atoms with van der Waals surface area (Å²) < 4.78 is 0. The van der Waals surface area contributed by atoms with E-state index in [0.29, 0.717) is 11.1 Å². The molecule has 114 valence electrons. The zero-order valence-corrected chi connectivity index (χ0v) is 13.0. The first kappa shape index (κ1) is 14.3. The predicted molar refractivity (Wildman–Crippen MR) is 97.1 cm³/mol. The maximum absolute atomic E-state index is 13.1. The van der Waals surface area contributed by atoms with E-state index in [4.69, 9.17) is 0 Å². The molecule has 0 saturated heterocycles. The standard InChI is InChI=1S/C22H15NO/c24-22(18-13-12-16-7-1-2-8-17(16)15-18)20-10-4-3-9-19(20)21-11-5-6-14-23-21/h1-15H. The lowest BCUT2D eigenvalue weighted by atomic mass is 9.95. The number of fused-ring (bicyclic) bond motifs is 1. The van der Waals surface area contributed by atoms with Crippen LogP contribution in [0.25, 0.3) is 22.0 Å². The van der Waals surface area contributed by atoms with Gasteiger partial charge in [-0.25, -0.2) is 0 Å². The summed E-state index contributed by atoms with van der Waals surface area (Å²) in [6, 6.07) is 27.2. The summed E-state index contributed by atoms with van der Waals surface area (Å²) in [5, 5.41) is 2.20. The molecule has 0 spiro atoms. The molecule has 0 aliphatic heterocycles. The fourth-order valence-corrected chi connectivity index (χ4v) is 2.91. The summed E-state index contributed by atoms with van der Waals surface area (Å²) in [7, 11) is 0. The van der Waals surface area contributed by atoms with E-state index in [0.717, 1.165) is 22.0 Å². The van der Waals surface area contributed by atoms with Gasteiger partial charge in [0.1, 0.15) is 0 Å². The summed E-state index contributed by atoms with van der Waals surface area (Å²) in [6.45, 7) is 0. The van der Waals surface area contributed by atoms with Crippen LogP contribution in [0.1, 0.15) is 15.9 Å². The number of pyridine rings is 1. The molecular weight excluding hydrogens is 294 g/mol. The number of hydrogen-bond acceptors (Lipinski definition) is 2. The molecule has 1 aromatic heterocycles. The van der Waals surface area contributed by atoms with Crippen molar-refractivity contribution in [1.82, 2.24) is 4.98 Å². The van der Waals surface area contributed by atoms with Gasteiger partial charge >= 0.3 is 0 Å². The van der Waals surface area contributed by atoms with E-state index in [9.17, 15) is 4.79 Å². The Bertz CT molecular complexity index is 1020. The third-order valence-corrected chi connectivity index (χ3v) is 4.12. The lowest BCUT2D eigenvalue weighted by Crippen LogP contribution is -2.04. The van der Waals surface area contributed by atoms with Crippen LogP contribution in [0.2, 0.25) is 0 Å². The number of aromatic nitrogens is 1. The van der Waals surface area contributed by atoms with E-state index in [1.54, 1.807) is 6.20 Å². The maximum Gasteiger partial charge on any atom is 0.193 e. The maximum atomic E-state index is 13.1. The predicted octanol–water partition coefficient (Wildman–Crippen LogP) is 5.13. The molecular formula is C22H15NO. The van der Waals surface area contributed by atoms with Crippen molar-refractivity contribution in [1.29, 1.82) is 0 Å². The second-order valence-electron chi connectivity index (χ2n) is 5.65. The van der Waals surface area contributed by atoms with Crippen LogP contribution in [0.4, 0.5) is 0 Å². The highest BCUT2D eigenvalue weighted by molar-refractivity contribution is 6.13. The van der Waals surface area contributed by atoms with E-state index in [1.165, 1.54) is 0 Å². The molecule has 0 aliphatic rings. The van der Waals surface area contributed by atoms with Crippen LogP contribution < -0.4 is 0 Å². The number of benzene rings is 3. The Labute approximate surface area is 140 Å². The molecule has 0 saturated carbocycles. The fraction of sp³-hybridized carbons (Fsp3) is 0. The third kappa shape index (κ3) is 2.59. The average molecular weight is 309 g/mol. The molecule has 0 amide bonds. The first-order chi connectivity index (χ1) is 11.8. The van der Waals surface area contributed by atoms with Crippen molar-refractivity contribution < 1.29 is 4.79 Å². The number of rotatable bonds is 3. The topological polar surface area (TPSA) is 30.0 Å². The van der Waals surface area contributed by atoms with Gasteiger partial charge in [0, 0.05) is 22.9 Å². The van der Waals surface area contributed by atoms with Crippen LogP contribution >= 0.6 is 0 Å². The minimum absolute atomic E-state index is 0.0157. The van der Waals surface area contributed by atoms with E-state index in [1.807, 2.05) is 84.9 Å². The van der Waals surface area contributed by atoms with Gasteiger partial charge in [-0.05, 0) is 29.0 Å². The first-order valence-electron chi connectivity index (χ1n) is 7.87. The van der Waals surface area contributed by atoms with E-state index < -0.39 is 0 Å². The van der Waals surface area contributed by atoms with Crippen molar-refractivity contribution in [2.75, 3.05) is 0 Å². The molecule has 4 aromatic rings. The number of carbonyl (C=O) groups excluding carboxylic acids is 1. The zero-order chi connectivity index (χ0) is 16.4. The van der Waals surface area contributed by atoms with E-state index in [2.05, 4.69) is 4.98 Å². The van der Waals surface area contributed by atoms with Gasteiger partial charge in [-0.1, -0.05) is 66.7 Å². The second kappa shape index (κ2) is 6.09. The molecule has 2 nitrogen and oxygen atoms in total. The van der Waals surface area contributed by atoms with Crippen LogP contribution in [0.3, 0.4) is 0 Å². The largest absolute Gasteiger partial charge is 0.289 e. The number of hydrogen-bond donors (Lipinski definition) is 0. The minimum atomic E-state index is 0.0157. The van der Waals surface area contributed by atoms with Crippen LogP contribution in [0.15, 0.2) is 91.1 Å². The minimum Gasteiger partial charge on any atom is -0.289 e. The highest BCUT2D eigenvalue weighted by Crippen LogP contribution is 2.25. The van der Waals surface area contributed by atoms with Crippen LogP contribution in [0, 0.1) is 0 Å². The Hall–Kier alpha value is -3.26. The highest BCUT2D eigenvalue weighted by atomic mass is 16.1. The van der Waals surface area contributed by atoms with Crippen molar-refractivity contribution in [2.45, 2.75) is 0 Å². The van der Waals surface area contributed by atoms with E-state index in [-0.39, 0.29) is 5.78 Å². The van der Waals surface area contributed by atoms with Crippen LogP contribution in [-0.4, -0.2) is 10.8 Å². The number of carbonyl (C=O) groups is 1. The monoisotopic (exact) mass is 309 g/mol. The van der Waals surface area contributed by atoms with Crippen molar-refractivity contribution in [2.24, 2.45) is 0 Å². The highest BCUT2D eigenvalue weighted by Gasteiger charge is 2.15. The van der Waals surface area contributed by atoms with E-state index >= 15 is 0 Å². The number of ketones is 1. The normalized spacial score (nSPS) is 10.7. The Morgan fingerprint density at radius 1 is 0.708 bits per heavy atom. The second-order valence-corrected chi connectivity index (χ2v) is 5.65. The van der Waals surface area contributed by atoms with Crippen molar-refractivity contribution in [3.63, 3.8) is 0 Å². The first-order valence-corrected chi connectivity index (χ1v) is 7.87. The van der Waals surface area contributed by atoms with Gasteiger partial charge in [-0.2, -0.15) is 0 Å². The smallest absolute Gasteiger partial charge is 0.193 e. The summed E-state index contributed by atoms with van der Waals surface area (Å²) in [4.78, 5) is 17.4. The Morgan fingerprint density at radius 3 is 2.29 bits per heavy atom. The quantitative estimate of drug-likeness (QED) is 0.491. The molecule has 0 aliphatic carbocycles. The molecule has 0 radical (unpaired) electrons. The fourth-order valence-electron chi connectivity index (χ4n) is 2.91. The van der Waals surface area contributed by atoms with Crippen LogP contribution in [0.5, 0.6) is 0 Å². The SMILES string of the molecule is O=C(c1ccc2ccccc2c1)c1ccccc1-c1ccccn1. The molecule has 24 heavy (non-hydrogen) atoms. The lowest BCUT2D eigenvalue weighted by Gasteiger charge is -2.09. The third-order valence-electron chi connectivity index (χ3n) is 4.12. The van der Waals surface area contributed by atoms with Gasteiger partial charge < -0.3 is 0 Å². The molecule has 0 unspecified atom stereocenters. The molecule has 3 aromatic carbocycles. The van der Waals surface area contributed by atoms with Crippen molar-refractivity contribution in [3.05, 3.63) is 102 Å². The summed E-state index contributed by atoms with van der Waals surface area (Å²) in [5.41, 5.74) is 3.03. The molecule has 0 N–H and O–H groups in total. The van der Waals surface area contributed by atoms with Gasteiger partial charge in [-0.15, -0.1) is 0 Å². The summed E-state index contributed by atoms with van der Waals surface area (Å²) in [5.74, 6) is 0.0157. The molecule has 0 bridgehead atoms. The molecule has 0 atom stereocenters. The average Bonchev–Trinajstić information content (AvgIpc) is 2.68. The van der Waals surface area contributed by atoms with Gasteiger partial charge in [0.2, 0.25) is 0 Å². The lowest BCUT2D eigenvalue weighted by molar-refractivity contribution is 0.103. The Morgan fingerprint density at radius 2 is 1.46 bits per heavy atom. The van der Waals surface area contributed by atoms with Crippen molar-refractivity contribution >= 4 is 16.6 Å².